The first-order valence-electron chi connectivity index (χ1n) is 6.35. The van der Waals surface area contributed by atoms with Crippen molar-refractivity contribution in [2.75, 3.05) is 13.2 Å². The maximum atomic E-state index is 12.2. The fourth-order valence-corrected chi connectivity index (χ4v) is 1.91. The van der Waals surface area contributed by atoms with E-state index in [1.165, 1.54) is 11.8 Å². The van der Waals surface area contributed by atoms with Crippen LogP contribution in [0.25, 0.3) is 6.08 Å². The minimum atomic E-state index is -0.355. The third kappa shape index (κ3) is 3.32. The summed E-state index contributed by atoms with van der Waals surface area (Å²) >= 11 is 0. The molecule has 0 atom stereocenters. The van der Waals surface area contributed by atoms with Gasteiger partial charge in [-0.2, -0.15) is 0 Å². The molecule has 0 radical (unpaired) electrons. The zero-order chi connectivity index (χ0) is 14.5. The molecule has 104 valence electrons. The fourth-order valence-electron chi connectivity index (χ4n) is 1.91. The summed E-state index contributed by atoms with van der Waals surface area (Å²) in [5, 5.41) is 0. The molecular formula is C15H16N2O3. The summed E-state index contributed by atoms with van der Waals surface area (Å²) in [6.45, 7) is 3.59. The largest absolute Gasteiger partial charge is 0.464 e. The smallest absolute Gasteiger partial charge is 0.302 e. The van der Waals surface area contributed by atoms with Crippen molar-refractivity contribution in [1.29, 1.82) is 0 Å². The summed E-state index contributed by atoms with van der Waals surface area (Å²) in [7, 11) is 0. The van der Waals surface area contributed by atoms with Crippen molar-refractivity contribution >= 4 is 23.8 Å². The van der Waals surface area contributed by atoms with Gasteiger partial charge in [0.25, 0.3) is 5.91 Å². The van der Waals surface area contributed by atoms with E-state index >= 15 is 0 Å². The van der Waals surface area contributed by atoms with Crippen LogP contribution >= 0.6 is 0 Å². The molecule has 1 aliphatic rings. The van der Waals surface area contributed by atoms with Gasteiger partial charge in [0.15, 0.2) is 0 Å². The quantitative estimate of drug-likeness (QED) is 0.621. The number of carbonyl (C=O) groups is 2. The lowest BCUT2D eigenvalue weighted by atomic mass is 10.2. The maximum Gasteiger partial charge on any atom is 0.302 e. The van der Waals surface area contributed by atoms with E-state index in [1.54, 1.807) is 13.0 Å². The molecule has 0 unspecified atom stereocenters. The third-order valence-electron chi connectivity index (χ3n) is 2.86. The first-order chi connectivity index (χ1) is 9.58. The van der Waals surface area contributed by atoms with Crippen LogP contribution in [0.1, 0.15) is 19.4 Å². The lowest BCUT2D eigenvalue weighted by Gasteiger charge is -2.15. The van der Waals surface area contributed by atoms with E-state index in [0.29, 0.717) is 18.1 Å². The van der Waals surface area contributed by atoms with E-state index in [4.69, 9.17) is 4.74 Å². The Morgan fingerprint density at radius 3 is 2.70 bits per heavy atom. The lowest BCUT2D eigenvalue weighted by molar-refractivity contribution is -0.142. The summed E-state index contributed by atoms with van der Waals surface area (Å²) in [6.07, 6.45) is 1.75. The molecule has 1 amide bonds. The fraction of sp³-hybridized carbons (Fsp3) is 0.267. The van der Waals surface area contributed by atoms with E-state index in [0.717, 1.165) is 5.56 Å². The van der Waals surface area contributed by atoms with Crippen molar-refractivity contribution in [1.82, 2.24) is 4.90 Å². The molecule has 0 saturated heterocycles. The van der Waals surface area contributed by atoms with E-state index in [-0.39, 0.29) is 18.5 Å². The van der Waals surface area contributed by atoms with Crippen molar-refractivity contribution in [3.63, 3.8) is 0 Å². The minimum absolute atomic E-state index is 0.168. The minimum Gasteiger partial charge on any atom is -0.464 e. The molecule has 1 aromatic rings. The number of rotatable bonds is 4. The average molecular weight is 272 g/mol. The van der Waals surface area contributed by atoms with Crippen LogP contribution in [0.15, 0.2) is 41.0 Å². The number of hydrogen-bond acceptors (Lipinski definition) is 4. The number of ether oxygens (including phenoxy) is 1. The number of amides is 1. The molecule has 0 bridgehead atoms. The first kappa shape index (κ1) is 14.0. The monoisotopic (exact) mass is 272 g/mol. The van der Waals surface area contributed by atoms with Crippen LogP contribution < -0.4 is 0 Å². The second kappa shape index (κ2) is 6.14. The Labute approximate surface area is 117 Å². The van der Waals surface area contributed by atoms with Gasteiger partial charge in [-0.15, -0.1) is 0 Å². The molecule has 1 aliphatic heterocycles. The summed E-state index contributed by atoms with van der Waals surface area (Å²) < 4.78 is 4.85. The van der Waals surface area contributed by atoms with Crippen molar-refractivity contribution < 1.29 is 14.3 Å². The van der Waals surface area contributed by atoms with Crippen LogP contribution in [0.4, 0.5) is 0 Å². The van der Waals surface area contributed by atoms with Gasteiger partial charge < -0.3 is 4.74 Å². The SMILES string of the molecule is CC(=O)OCCN1C(=O)/C(=C\c2ccccc2)N=C1C. The van der Waals surface area contributed by atoms with Gasteiger partial charge in [0.1, 0.15) is 18.1 Å². The third-order valence-corrected chi connectivity index (χ3v) is 2.86. The molecule has 0 aliphatic carbocycles. The molecule has 5 heteroatoms. The van der Waals surface area contributed by atoms with Gasteiger partial charge in [-0.1, -0.05) is 30.3 Å². The van der Waals surface area contributed by atoms with Gasteiger partial charge in [-0.25, -0.2) is 4.99 Å². The first-order valence-corrected chi connectivity index (χ1v) is 6.35. The highest BCUT2D eigenvalue weighted by atomic mass is 16.5. The molecule has 2 rings (SSSR count). The summed E-state index contributed by atoms with van der Waals surface area (Å²) in [5.41, 5.74) is 1.32. The van der Waals surface area contributed by atoms with Crippen molar-refractivity contribution in [3.05, 3.63) is 41.6 Å². The molecule has 1 aromatic carbocycles. The van der Waals surface area contributed by atoms with Crippen LogP contribution in [-0.4, -0.2) is 35.8 Å². The van der Waals surface area contributed by atoms with E-state index in [9.17, 15) is 9.59 Å². The van der Waals surface area contributed by atoms with Crippen LogP contribution in [0.3, 0.4) is 0 Å². The summed E-state index contributed by atoms with van der Waals surface area (Å²) in [4.78, 5) is 28.7. The number of carbonyl (C=O) groups excluding carboxylic acids is 2. The molecule has 1 heterocycles. The van der Waals surface area contributed by atoms with Crippen molar-refractivity contribution in [2.24, 2.45) is 4.99 Å². The highest BCUT2D eigenvalue weighted by Gasteiger charge is 2.27. The highest BCUT2D eigenvalue weighted by molar-refractivity contribution is 6.13. The topological polar surface area (TPSA) is 59.0 Å². The van der Waals surface area contributed by atoms with Crippen LogP contribution in [0.2, 0.25) is 0 Å². The number of amidine groups is 1. The molecule has 5 nitrogen and oxygen atoms in total. The van der Waals surface area contributed by atoms with Gasteiger partial charge >= 0.3 is 5.97 Å². The second-order valence-electron chi connectivity index (χ2n) is 4.40. The number of esters is 1. The molecule has 0 aromatic heterocycles. The van der Waals surface area contributed by atoms with E-state index in [2.05, 4.69) is 4.99 Å². The average Bonchev–Trinajstić information content (AvgIpc) is 2.67. The molecular weight excluding hydrogens is 256 g/mol. The number of hydrogen-bond donors (Lipinski definition) is 0. The normalized spacial score (nSPS) is 16.5. The second-order valence-corrected chi connectivity index (χ2v) is 4.40. The van der Waals surface area contributed by atoms with Gasteiger partial charge in [-0.05, 0) is 18.6 Å². The van der Waals surface area contributed by atoms with Gasteiger partial charge in [0, 0.05) is 6.92 Å². The van der Waals surface area contributed by atoms with E-state index in [1.807, 2.05) is 30.3 Å². The van der Waals surface area contributed by atoms with Gasteiger partial charge in [0.2, 0.25) is 0 Å². The summed E-state index contributed by atoms with van der Waals surface area (Å²) in [6, 6.07) is 9.54. The standard InChI is InChI=1S/C15H16N2O3/c1-11-16-14(10-13-6-4-3-5-7-13)15(19)17(11)8-9-20-12(2)18/h3-7,10H,8-9H2,1-2H3/b14-10+. The number of aliphatic imine (C=N–C) groups is 1. The molecule has 0 fully saturated rings. The predicted molar refractivity (Wildman–Crippen MR) is 75.9 cm³/mol. The maximum absolute atomic E-state index is 12.2. The zero-order valence-electron chi connectivity index (χ0n) is 11.5. The Balaban J connectivity index is 2.07. The summed E-state index contributed by atoms with van der Waals surface area (Å²) in [5.74, 6) is 0.0918. The number of nitrogens with zero attached hydrogens (tertiary/aromatic N) is 2. The van der Waals surface area contributed by atoms with Crippen LogP contribution in [-0.2, 0) is 14.3 Å². The highest BCUT2D eigenvalue weighted by Crippen LogP contribution is 2.17. The molecule has 0 spiro atoms. The molecule has 20 heavy (non-hydrogen) atoms. The van der Waals surface area contributed by atoms with Crippen LogP contribution in [0, 0.1) is 0 Å². The Morgan fingerprint density at radius 2 is 2.05 bits per heavy atom. The van der Waals surface area contributed by atoms with Crippen LogP contribution in [0.5, 0.6) is 0 Å². The Bertz CT molecular complexity index is 576. The Kier molecular flexibility index (Phi) is 4.30. The van der Waals surface area contributed by atoms with Gasteiger partial charge in [-0.3, -0.25) is 14.5 Å². The van der Waals surface area contributed by atoms with E-state index < -0.39 is 0 Å². The van der Waals surface area contributed by atoms with Crippen molar-refractivity contribution in [3.8, 4) is 0 Å². The Hall–Kier alpha value is -2.43. The number of benzene rings is 1. The van der Waals surface area contributed by atoms with Crippen molar-refractivity contribution in [2.45, 2.75) is 13.8 Å². The lowest BCUT2D eigenvalue weighted by Crippen LogP contribution is -2.33. The molecule has 0 saturated carbocycles. The molecule has 0 N–H and O–H groups in total. The predicted octanol–water partition coefficient (Wildman–Crippen LogP) is 1.85. The van der Waals surface area contributed by atoms with Gasteiger partial charge in [0.05, 0.1) is 6.54 Å². The zero-order valence-corrected chi connectivity index (χ0v) is 11.5. The Morgan fingerprint density at radius 1 is 1.35 bits per heavy atom.